The molecule has 1 atom stereocenters. The highest BCUT2D eigenvalue weighted by Crippen LogP contribution is 2.31. The van der Waals surface area contributed by atoms with Gasteiger partial charge in [0, 0.05) is 26.2 Å². The first-order valence-electron chi connectivity index (χ1n) is 7.79. The van der Waals surface area contributed by atoms with Gasteiger partial charge in [0.05, 0.1) is 28.2 Å². The number of benzene rings is 1. The zero-order valence-electron chi connectivity index (χ0n) is 13.0. The average Bonchev–Trinajstić information content (AvgIpc) is 2.85. The van der Waals surface area contributed by atoms with Gasteiger partial charge in [-0.25, -0.2) is 4.90 Å². The van der Waals surface area contributed by atoms with Crippen molar-refractivity contribution in [2.24, 2.45) is 0 Å². The van der Waals surface area contributed by atoms with Gasteiger partial charge in [0.1, 0.15) is 0 Å². The second-order valence-corrected chi connectivity index (χ2v) is 6.67. The molecule has 23 heavy (non-hydrogen) atoms. The Morgan fingerprint density at radius 1 is 1.09 bits per heavy atom. The first-order chi connectivity index (χ1) is 11.0. The van der Waals surface area contributed by atoms with Crippen LogP contribution in [0.3, 0.4) is 0 Å². The lowest BCUT2D eigenvalue weighted by atomic mass is 10.1. The maximum absolute atomic E-state index is 12.7. The van der Waals surface area contributed by atoms with E-state index in [1.807, 2.05) is 0 Å². The fourth-order valence-electron chi connectivity index (χ4n) is 3.19. The van der Waals surface area contributed by atoms with E-state index in [9.17, 15) is 9.59 Å². The van der Waals surface area contributed by atoms with Crippen LogP contribution in [0.25, 0.3) is 0 Å². The quantitative estimate of drug-likeness (QED) is 0.780. The highest BCUT2D eigenvalue weighted by Gasteiger charge is 2.43. The summed E-state index contributed by atoms with van der Waals surface area (Å²) in [6.07, 6.45) is 0.227. The number of rotatable bonds is 3. The highest BCUT2D eigenvalue weighted by molar-refractivity contribution is 6.42. The number of piperazine rings is 1. The summed E-state index contributed by atoms with van der Waals surface area (Å²) in [6.45, 7) is 6.63. The first kappa shape index (κ1) is 16.7. The summed E-state index contributed by atoms with van der Waals surface area (Å²) in [6, 6.07) is 4.46. The number of anilines is 1. The number of hydrogen-bond acceptors (Lipinski definition) is 4. The Bertz CT molecular complexity index is 630. The number of halogens is 2. The lowest BCUT2D eigenvalue weighted by Gasteiger charge is -2.36. The van der Waals surface area contributed by atoms with Crippen molar-refractivity contribution in [3.05, 3.63) is 28.2 Å². The fourth-order valence-corrected chi connectivity index (χ4v) is 3.48. The first-order valence-corrected chi connectivity index (χ1v) is 8.55. The Hall–Kier alpha value is -1.14. The molecule has 0 saturated carbocycles. The van der Waals surface area contributed by atoms with Crippen LogP contribution in [0, 0.1) is 0 Å². The third-order valence-corrected chi connectivity index (χ3v) is 5.32. The van der Waals surface area contributed by atoms with Crippen LogP contribution in [0.15, 0.2) is 18.2 Å². The second-order valence-electron chi connectivity index (χ2n) is 5.86. The van der Waals surface area contributed by atoms with E-state index in [1.165, 1.54) is 4.90 Å². The topological polar surface area (TPSA) is 43.9 Å². The molecule has 5 nitrogen and oxygen atoms in total. The molecule has 1 aromatic rings. The molecule has 0 radical (unpaired) electrons. The lowest BCUT2D eigenvalue weighted by Crippen LogP contribution is -2.52. The molecule has 124 valence electrons. The Kier molecular flexibility index (Phi) is 4.92. The molecule has 1 aromatic carbocycles. The van der Waals surface area contributed by atoms with Crippen molar-refractivity contribution in [3.63, 3.8) is 0 Å². The van der Waals surface area contributed by atoms with Crippen molar-refractivity contribution in [2.75, 3.05) is 37.6 Å². The number of nitrogens with zero attached hydrogens (tertiary/aromatic N) is 3. The van der Waals surface area contributed by atoms with E-state index in [-0.39, 0.29) is 24.3 Å². The number of hydrogen-bond donors (Lipinski definition) is 0. The minimum Gasteiger partial charge on any atom is -0.301 e. The Labute approximate surface area is 145 Å². The molecule has 3 rings (SSSR count). The molecule has 2 saturated heterocycles. The normalized spacial score (nSPS) is 23.8. The molecule has 0 aliphatic carbocycles. The minimum atomic E-state index is -0.365. The molecule has 0 aromatic heterocycles. The average molecular weight is 356 g/mol. The van der Waals surface area contributed by atoms with E-state index in [1.54, 1.807) is 18.2 Å². The summed E-state index contributed by atoms with van der Waals surface area (Å²) < 4.78 is 0. The van der Waals surface area contributed by atoms with Gasteiger partial charge in [0.2, 0.25) is 5.91 Å². The number of carbonyl (C=O) groups is 2. The Balaban J connectivity index is 1.76. The molecule has 0 N–H and O–H groups in total. The van der Waals surface area contributed by atoms with Crippen LogP contribution in [0.4, 0.5) is 5.69 Å². The SMILES string of the molecule is CCN1CCN([C@@H]2CC(=O)N(c3ccc(Cl)c(Cl)c3)C2=O)CC1. The van der Waals surface area contributed by atoms with E-state index in [0.29, 0.717) is 15.7 Å². The predicted octanol–water partition coefficient (Wildman–Crippen LogP) is 2.26. The van der Waals surface area contributed by atoms with Crippen molar-refractivity contribution in [1.29, 1.82) is 0 Å². The zero-order chi connectivity index (χ0) is 16.6. The van der Waals surface area contributed by atoms with Gasteiger partial charge in [-0.3, -0.25) is 14.5 Å². The van der Waals surface area contributed by atoms with Crippen LogP contribution in [-0.4, -0.2) is 60.4 Å². The van der Waals surface area contributed by atoms with Crippen molar-refractivity contribution in [2.45, 2.75) is 19.4 Å². The molecule has 2 aliphatic rings. The number of amides is 2. The molecule has 2 fully saturated rings. The number of likely N-dealkylation sites (N-methyl/N-ethyl adjacent to an activating group) is 1. The van der Waals surface area contributed by atoms with Crippen molar-refractivity contribution in [1.82, 2.24) is 9.80 Å². The third kappa shape index (κ3) is 3.24. The van der Waals surface area contributed by atoms with Gasteiger partial charge in [-0.05, 0) is 24.7 Å². The van der Waals surface area contributed by atoms with E-state index in [4.69, 9.17) is 23.2 Å². The molecular formula is C16H19Cl2N3O2. The molecule has 0 unspecified atom stereocenters. The molecule has 2 heterocycles. The predicted molar refractivity (Wildman–Crippen MR) is 91.0 cm³/mol. The summed E-state index contributed by atoms with van der Waals surface area (Å²) in [5.74, 6) is -0.352. The molecule has 7 heteroatoms. The van der Waals surface area contributed by atoms with E-state index >= 15 is 0 Å². The molecular weight excluding hydrogens is 337 g/mol. The van der Waals surface area contributed by atoms with Crippen molar-refractivity contribution < 1.29 is 9.59 Å². The van der Waals surface area contributed by atoms with Crippen LogP contribution in [-0.2, 0) is 9.59 Å². The molecule has 2 amide bonds. The summed E-state index contributed by atoms with van der Waals surface area (Å²) in [7, 11) is 0. The van der Waals surface area contributed by atoms with Gasteiger partial charge in [0.25, 0.3) is 5.91 Å². The van der Waals surface area contributed by atoms with Gasteiger partial charge >= 0.3 is 0 Å². The third-order valence-electron chi connectivity index (χ3n) is 4.58. The van der Waals surface area contributed by atoms with Gasteiger partial charge in [-0.2, -0.15) is 0 Å². The smallest absolute Gasteiger partial charge is 0.251 e. The largest absolute Gasteiger partial charge is 0.301 e. The van der Waals surface area contributed by atoms with Gasteiger partial charge in [0.15, 0.2) is 0 Å². The molecule has 0 bridgehead atoms. The zero-order valence-corrected chi connectivity index (χ0v) is 14.5. The summed E-state index contributed by atoms with van der Waals surface area (Å²) >= 11 is 11.9. The maximum atomic E-state index is 12.7. The minimum absolute atomic E-state index is 0.168. The van der Waals surface area contributed by atoms with Crippen molar-refractivity contribution >= 4 is 40.7 Å². The highest BCUT2D eigenvalue weighted by atomic mass is 35.5. The second kappa shape index (κ2) is 6.77. The molecule has 0 spiro atoms. The van der Waals surface area contributed by atoms with Gasteiger partial charge < -0.3 is 4.90 Å². The summed E-state index contributed by atoms with van der Waals surface area (Å²) in [4.78, 5) is 30.8. The number of imide groups is 1. The van der Waals surface area contributed by atoms with Crippen molar-refractivity contribution in [3.8, 4) is 0 Å². The Morgan fingerprint density at radius 2 is 1.78 bits per heavy atom. The van der Waals surface area contributed by atoms with Crippen LogP contribution in [0.2, 0.25) is 10.0 Å². The van der Waals surface area contributed by atoms with E-state index in [2.05, 4.69) is 16.7 Å². The van der Waals surface area contributed by atoms with Crippen LogP contribution < -0.4 is 4.90 Å². The maximum Gasteiger partial charge on any atom is 0.251 e. The Morgan fingerprint density at radius 3 is 2.39 bits per heavy atom. The summed E-state index contributed by atoms with van der Waals surface area (Å²) in [5, 5.41) is 0.742. The fraction of sp³-hybridized carbons (Fsp3) is 0.500. The van der Waals surface area contributed by atoms with Crippen LogP contribution in [0.5, 0.6) is 0 Å². The lowest BCUT2D eigenvalue weighted by molar-refractivity contribution is -0.123. The van der Waals surface area contributed by atoms with E-state index in [0.717, 1.165) is 32.7 Å². The van der Waals surface area contributed by atoms with Gasteiger partial charge in [-0.1, -0.05) is 30.1 Å². The monoisotopic (exact) mass is 355 g/mol. The number of carbonyl (C=O) groups excluding carboxylic acids is 2. The molecule has 2 aliphatic heterocycles. The van der Waals surface area contributed by atoms with Crippen LogP contribution >= 0.6 is 23.2 Å². The van der Waals surface area contributed by atoms with Gasteiger partial charge in [-0.15, -0.1) is 0 Å². The van der Waals surface area contributed by atoms with Crippen LogP contribution in [0.1, 0.15) is 13.3 Å². The van der Waals surface area contributed by atoms with E-state index < -0.39 is 0 Å². The summed E-state index contributed by atoms with van der Waals surface area (Å²) in [5.41, 5.74) is 0.490. The standard InChI is InChI=1S/C16H19Cl2N3O2/c1-2-19-5-7-20(8-6-19)14-10-15(22)21(16(14)23)11-3-4-12(17)13(18)9-11/h3-4,9,14H,2,5-8,10H2,1H3/t14-/m1/s1.